The lowest BCUT2D eigenvalue weighted by Gasteiger charge is -2.21. The van der Waals surface area contributed by atoms with E-state index in [1.807, 2.05) is 25.1 Å². The van der Waals surface area contributed by atoms with E-state index in [9.17, 15) is 9.18 Å². The quantitative estimate of drug-likeness (QED) is 0.766. The zero-order chi connectivity index (χ0) is 16.8. The van der Waals surface area contributed by atoms with Crippen LogP contribution in [0, 0.1) is 12.7 Å². The molecule has 23 heavy (non-hydrogen) atoms. The fourth-order valence-corrected chi connectivity index (χ4v) is 2.73. The Bertz CT molecular complexity index is 673. The molecule has 2 nitrogen and oxygen atoms in total. The molecule has 0 N–H and O–H groups in total. The lowest BCUT2D eigenvalue weighted by atomic mass is 10.0. The van der Waals surface area contributed by atoms with E-state index in [4.69, 9.17) is 11.6 Å². The average molecular weight is 334 g/mol. The van der Waals surface area contributed by atoms with E-state index in [0.29, 0.717) is 24.2 Å². The molecule has 0 heterocycles. The van der Waals surface area contributed by atoms with Crippen LogP contribution in [-0.2, 0) is 17.6 Å². The second kappa shape index (κ2) is 8.11. The van der Waals surface area contributed by atoms with Gasteiger partial charge in [0, 0.05) is 13.1 Å². The molecule has 122 valence electrons. The number of carbonyl (C=O) groups is 1. The molecule has 2 rings (SSSR count). The number of hydrogen-bond acceptors (Lipinski definition) is 1. The molecule has 0 aromatic heterocycles. The maximum absolute atomic E-state index is 13.8. The predicted molar refractivity (Wildman–Crippen MR) is 92.3 cm³/mol. The lowest BCUT2D eigenvalue weighted by Crippen LogP contribution is -2.34. The van der Waals surface area contributed by atoms with Gasteiger partial charge in [-0.15, -0.1) is 0 Å². The van der Waals surface area contributed by atoms with Gasteiger partial charge in [0.15, 0.2) is 0 Å². The summed E-state index contributed by atoms with van der Waals surface area (Å²) in [4.78, 5) is 14.3. The van der Waals surface area contributed by atoms with Crippen LogP contribution in [0.15, 0.2) is 42.5 Å². The number of carbonyl (C=O) groups excluding carboxylic acids is 1. The SMILES string of the molecule is CCN(CCc1ccccc1)C(=O)Cc1ccc(Cl)c(F)c1C. The Balaban J connectivity index is 2.01. The zero-order valence-electron chi connectivity index (χ0n) is 13.5. The van der Waals surface area contributed by atoms with E-state index in [0.717, 1.165) is 6.42 Å². The molecule has 0 spiro atoms. The van der Waals surface area contributed by atoms with Gasteiger partial charge >= 0.3 is 0 Å². The first-order chi connectivity index (χ1) is 11.0. The Hall–Kier alpha value is -1.87. The number of likely N-dealkylation sites (N-methyl/N-ethyl adjacent to an activating group) is 1. The second-order valence-electron chi connectivity index (χ2n) is 5.53. The van der Waals surface area contributed by atoms with Crippen LogP contribution < -0.4 is 0 Å². The van der Waals surface area contributed by atoms with Crippen molar-refractivity contribution in [1.82, 2.24) is 4.90 Å². The van der Waals surface area contributed by atoms with E-state index in [2.05, 4.69) is 12.1 Å². The Morgan fingerprint density at radius 3 is 2.52 bits per heavy atom. The van der Waals surface area contributed by atoms with Gasteiger partial charge in [-0.25, -0.2) is 4.39 Å². The number of hydrogen-bond donors (Lipinski definition) is 0. The third-order valence-corrected chi connectivity index (χ3v) is 4.33. The highest BCUT2D eigenvalue weighted by Crippen LogP contribution is 2.21. The minimum absolute atomic E-state index is 0.00764. The predicted octanol–water partition coefficient (Wildman–Crippen LogP) is 4.42. The molecule has 0 fully saturated rings. The highest BCUT2D eigenvalue weighted by molar-refractivity contribution is 6.30. The molecule has 0 radical (unpaired) electrons. The molecule has 0 aliphatic rings. The van der Waals surface area contributed by atoms with Crippen molar-refractivity contribution in [2.75, 3.05) is 13.1 Å². The van der Waals surface area contributed by atoms with Crippen LogP contribution in [0.25, 0.3) is 0 Å². The highest BCUT2D eigenvalue weighted by Gasteiger charge is 2.16. The third kappa shape index (κ3) is 4.55. The standard InChI is InChI=1S/C19H21ClFNO/c1-3-22(12-11-15-7-5-4-6-8-15)18(23)13-16-9-10-17(20)19(21)14(16)2/h4-10H,3,11-13H2,1-2H3. The first-order valence-corrected chi connectivity index (χ1v) is 8.16. The Morgan fingerprint density at radius 2 is 1.87 bits per heavy atom. The van der Waals surface area contributed by atoms with E-state index in [1.54, 1.807) is 17.9 Å². The molecule has 0 atom stereocenters. The molecule has 0 aliphatic heterocycles. The summed E-state index contributed by atoms with van der Waals surface area (Å²) in [6, 6.07) is 13.3. The monoisotopic (exact) mass is 333 g/mol. The van der Waals surface area contributed by atoms with Crippen LogP contribution in [0.4, 0.5) is 4.39 Å². The van der Waals surface area contributed by atoms with Gasteiger partial charge in [-0.05, 0) is 43.0 Å². The van der Waals surface area contributed by atoms with Crippen LogP contribution in [0.5, 0.6) is 0 Å². The maximum Gasteiger partial charge on any atom is 0.227 e. The van der Waals surface area contributed by atoms with Crippen molar-refractivity contribution in [1.29, 1.82) is 0 Å². The van der Waals surface area contributed by atoms with Gasteiger partial charge in [-0.2, -0.15) is 0 Å². The Kier molecular flexibility index (Phi) is 6.17. The summed E-state index contributed by atoms with van der Waals surface area (Å²) in [6.45, 7) is 4.91. The fourth-order valence-electron chi connectivity index (χ4n) is 2.53. The molecule has 0 unspecified atom stereocenters. The number of amides is 1. The van der Waals surface area contributed by atoms with E-state index < -0.39 is 5.82 Å². The van der Waals surface area contributed by atoms with Gasteiger partial charge < -0.3 is 4.90 Å². The van der Waals surface area contributed by atoms with Crippen LogP contribution in [0.2, 0.25) is 5.02 Å². The number of rotatable bonds is 6. The van der Waals surface area contributed by atoms with Crippen molar-refractivity contribution in [3.8, 4) is 0 Å². The summed E-state index contributed by atoms with van der Waals surface area (Å²) in [5.74, 6) is -0.433. The van der Waals surface area contributed by atoms with Crippen molar-refractivity contribution in [3.63, 3.8) is 0 Å². The molecule has 0 saturated carbocycles. The van der Waals surface area contributed by atoms with Gasteiger partial charge in [-0.3, -0.25) is 4.79 Å². The van der Waals surface area contributed by atoms with Crippen LogP contribution in [-0.4, -0.2) is 23.9 Å². The van der Waals surface area contributed by atoms with Crippen LogP contribution >= 0.6 is 11.6 Å². The molecule has 0 saturated heterocycles. The van der Waals surface area contributed by atoms with E-state index in [1.165, 1.54) is 11.6 Å². The fraction of sp³-hybridized carbons (Fsp3) is 0.316. The molecule has 1 amide bonds. The zero-order valence-corrected chi connectivity index (χ0v) is 14.2. The third-order valence-electron chi connectivity index (χ3n) is 4.04. The van der Waals surface area contributed by atoms with Crippen molar-refractivity contribution >= 4 is 17.5 Å². The normalized spacial score (nSPS) is 10.6. The van der Waals surface area contributed by atoms with Gasteiger partial charge in [0.25, 0.3) is 0 Å². The summed E-state index contributed by atoms with van der Waals surface area (Å²) >= 11 is 5.76. The largest absolute Gasteiger partial charge is 0.342 e. The number of nitrogens with zero attached hydrogens (tertiary/aromatic N) is 1. The van der Waals surface area contributed by atoms with Gasteiger partial charge in [0.05, 0.1) is 11.4 Å². The highest BCUT2D eigenvalue weighted by atomic mass is 35.5. The van der Waals surface area contributed by atoms with Crippen molar-refractivity contribution in [3.05, 3.63) is 70.0 Å². The molecule has 0 bridgehead atoms. The van der Waals surface area contributed by atoms with Gasteiger partial charge in [0.2, 0.25) is 5.91 Å². The molecule has 2 aromatic carbocycles. The first kappa shape index (κ1) is 17.5. The van der Waals surface area contributed by atoms with Crippen molar-refractivity contribution in [2.45, 2.75) is 26.7 Å². The Morgan fingerprint density at radius 1 is 1.17 bits per heavy atom. The molecule has 2 aromatic rings. The average Bonchev–Trinajstić information content (AvgIpc) is 2.57. The summed E-state index contributed by atoms with van der Waals surface area (Å²) in [5, 5.41) is 0.0927. The lowest BCUT2D eigenvalue weighted by molar-refractivity contribution is -0.130. The van der Waals surface area contributed by atoms with Crippen LogP contribution in [0.1, 0.15) is 23.6 Å². The molecule has 0 aliphatic carbocycles. The van der Waals surface area contributed by atoms with E-state index >= 15 is 0 Å². The summed E-state index contributed by atoms with van der Waals surface area (Å²) < 4.78 is 13.8. The number of benzene rings is 2. The topological polar surface area (TPSA) is 20.3 Å². The first-order valence-electron chi connectivity index (χ1n) is 7.78. The van der Waals surface area contributed by atoms with Crippen LogP contribution in [0.3, 0.4) is 0 Å². The smallest absolute Gasteiger partial charge is 0.227 e. The minimum atomic E-state index is -0.440. The maximum atomic E-state index is 13.8. The molecular formula is C19H21ClFNO. The summed E-state index contributed by atoms with van der Waals surface area (Å²) in [6.07, 6.45) is 1.01. The second-order valence-corrected chi connectivity index (χ2v) is 5.94. The van der Waals surface area contributed by atoms with Gasteiger partial charge in [0.1, 0.15) is 5.82 Å². The van der Waals surface area contributed by atoms with Crippen molar-refractivity contribution < 1.29 is 9.18 Å². The van der Waals surface area contributed by atoms with Gasteiger partial charge in [-0.1, -0.05) is 48.0 Å². The minimum Gasteiger partial charge on any atom is -0.342 e. The number of halogens is 2. The van der Waals surface area contributed by atoms with Crippen molar-refractivity contribution in [2.24, 2.45) is 0 Å². The Labute approximate surface area is 141 Å². The molecule has 4 heteroatoms. The summed E-state index contributed by atoms with van der Waals surface area (Å²) in [7, 11) is 0. The molecular weight excluding hydrogens is 313 g/mol. The summed E-state index contributed by atoms with van der Waals surface area (Å²) in [5.41, 5.74) is 2.34. The van der Waals surface area contributed by atoms with E-state index in [-0.39, 0.29) is 17.4 Å².